The van der Waals surface area contributed by atoms with Crippen LogP contribution < -0.4 is 0 Å². The SMILES string of the molecule is C[C@@H]1CC(=O)C[C@H](C)S1=O. The maximum Gasteiger partial charge on any atom is 0.135 e. The number of hydrogen-bond acceptors (Lipinski definition) is 2. The number of carbonyl (C=O) groups excluding carboxylic acids is 1. The van der Waals surface area contributed by atoms with E-state index in [-0.39, 0.29) is 16.3 Å². The van der Waals surface area contributed by atoms with Gasteiger partial charge in [-0.25, -0.2) is 0 Å². The fourth-order valence-electron chi connectivity index (χ4n) is 1.29. The minimum absolute atomic E-state index is 0.0799. The summed E-state index contributed by atoms with van der Waals surface area (Å²) in [4.78, 5) is 10.9. The lowest BCUT2D eigenvalue weighted by Gasteiger charge is -2.21. The van der Waals surface area contributed by atoms with Crippen LogP contribution in [0.3, 0.4) is 0 Å². The van der Waals surface area contributed by atoms with Crippen LogP contribution in [0, 0.1) is 0 Å². The average molecular weight is 160 g/mol. The topological polar surface area (TPSA) is 34.1 Å². The fraction of sp³-hybridized carbons (Fsp3) is 0.857. The van der Waals surface area contributed by atoms with E-state index >= 15 is 0 Å². The summed E-state index contributed by atoms with van der Waals surface area (Å²) in [6.45, 7) is 3.76. The van der Waals surface area contributed by atoms with E-state index in [0.717, 1.165) is 0 Å². The molecule has 1 heterocycles. The Morgan fingerprint density at radius 3 is 2.10 bits per heavy atom. The first-order chi connectivity index (χ1) is 4.61. The minimum atomic E-state index is -0.771. The molecule has 0 aliphatic carbocycles. The Kier molecular flexibility index (Phi) is 2.24. The van der Waals surface area contributed by atoms with E-state index in [1.807, 2.05) is 13.8 Å². The third-order valence-corrected chi connectivity index (χ3v) is 3.74. The molecule has 0 aromatic carbocycles. The van der Waals surface area contributed by atoms with Crippen LogP contribution in [0.25, 0.3) is 0 Å². The van der Waals surface area contributed by atoms with Crippen LogP contribution >= 0.6 is 0 Å². The molecule has 0 amide bonds. The fourth-order valence-corrected chi connectivity index (χ4v) is 2.78. The van der Waals surface area contributed by atoms with E-state index in [4.69, 9.17) is 0 Å². The predicted molar refractivity (Wildman–Crippen MR) is 41.3 cm³/mol. The normalized spacial score (nSPS) is 41.8. The zero-order valence-corrected chi connectivity index (χ0v) is 7.11. The molecule has 1 saturated heterocycles. The largest absolute Gasteiger partial charge is 0.300 e. The van der Waals surface area contributed by atoms with Crippen LogP contribution in [0.15, 0.2) is 0 Å². The molecule has 0 spiro atoms. The first-order valence-corrected chi connectivity index (χ1v) is 4.80. The van der Waals surface area contributed by atoms with Gasteiger partial charge in [0, 0.05) is 34.1 Å². The highest BCUT2D eigenvalue weighted by Crippen LogP contribution is 2.18. The van der Waals surface area contributed by atoms with E-state index in [0.29, 0.717) is 12.8 Å². The second-order valence-corrected chi connectivity index (χ2v) is 5.16. The molecule has 0 aromatic rings. The molecule has 2 nitrogen and oxygen atoms in total. The van der Waals surface area contributed by atoms with Gasteiger partial charge in [0.1, 0.15) is 5.78 Å². The molecule has 0 N–H and O–H groups in total. The maximum absolute atomic E-state index is 11.2. The number of Topliss-reactive ketones (excluding diaryl/α,β-unsaturated/α-hetero) is 1. The van der Waals surface area contributed by atoms with Crippen molar-refractivity contribution >= 4 is 16.6 Å². The summed E-state index contributed by atoms with van der Waals surface area (Å²) in [7, 11) is -0.771. The van der Waals surface area contributed by atoms with Crippen molar-refractivity contribution in [1.29, 1.82) is 0 Å². The van der Waals surface area contributed by atoms with Gasteiger partial charge in [-0.2, -0.15) is 0 Å². The van der Waals surface area contributed by atoms with E-state index < -0.39 is 10.8 Å². The highest BCUT2D eigenvalue weighted by molar-refractivity contribution is 7.86. The van der Waals surface area contributed by atoms with Gasteiger partial charge in [-0.15, -0.1) is 0 Å². The summed E-state index contributed by atoms with van der Waals surface area (Å²) in [5.41, 5.74) is 0. The predicted octanol–water partition coefficient (Wildman–Crippen LogP) is 0.875. The van der Waals surface area contributed by atoms with Crippen molar-refractivity contribution in [1.82, 2.24) is 0 Å². The Labute approximate surface area is 63.5 Å². The molecular formula is C7H12O2S. The van der Waals surface area contributed by atoms with Gasteiger partial charge >= 0.3 is 0 Å². The molecule has 1 unspecified atom stereocenters. The lowest BCUT2D eigenvalue weighted by molar-refractivity contribution is -0.119. The Morgan fingerprint density at radius 2 is 1.70 bits per heavy atom. The number of ketones is 1. The zero-order chi connectivity index (χ0) is 7.72. The molecular weight excluding hydrogens is 148 g/mol. The molecule has 0 radical (unpaired) electrons. The van der Waals surface area contributed by atoms with Crippen LogP contribution in [0.1, 0.15) is 26.7 Å². The van der Waals surface area contributed by atoms with E-state index in [2.05, 4.69) is 0 Å². The van der Waals surface area contributed by atoms with Crippen LogP contribution in [0.4, 0.5) is 0 Å². The number of carbonyl (C=O) groups is 1. The van der Waals surface area contributed by atoms with Gasteiger partial charge < -0.3 is 0 Å². The summed E-state index contributed by atoms with van der Waals surface area (Å²) < 4.78 is 11.2. The molecule has 1 aliphatic heterocycles. The van der Waals surface area contributed by atoms with Gasteiger partial charge in [0.25, 0.3) is 0 Å². The second kappa shape index (κ2) is 2.82. The van der Waals surface area contributed by atoms with Crippen molar-refractivity contribution in [3.8, 4) is 0 Å². The van der Waals surface area contributed by atoms with Crippen LogP contribution in [-0.4, -0.2) is 20.5 Å². The van der Waals surface area contributed by atoms with Crippen molar-refractivity contribution in [2.75, 3.05) is 0 Å². The van der Waals surface area contributed by atoms with Crippen LogP contribution in [0.5, 0.6) is 0 Å². The van der Waals surface area contributed by atoms with Gasteiger partial charge in [-0.05, 0) is 0 Å². The van der Waals surface area contributed by atoms with Crippen molar-refractivity contribution in [3.05, 3.63) is 0 Å². The third-order valence-electron chi connectivity index (χ3n) is 1.82. The second-order valence-electron chi connectivity index (χ2n) is 2.90. The Balaban J connectivity index is 2.66. The van der Waals surface area contributed by atoms with Gasteiger partial charge in [-0.1, -0.05) is 13.8 Å². The molecule has 1 aliphatic rings. The lowest BCUT2D eigenvalue weighted by Crippen LogP contribution is -2.32. The third kappa shape index (κ3) is 1.45. The standard InChI is InChI=1S/C7H12O2S/c1-5-3-7(8)4-6(2)10(5)9/h5-6H,3-4H2,1-2H3/t5-,6+,10?. The van der Waals surface area contributed by atoms with E-state index in [1.54, 1.807) is 0 Å². The summed E-state index contributed by atoms with van der Waals surface area (Å²) in [5, 5.41) is 0.160. The van der Waals surface area contributed by atoms with Crippen LogP contribution in [0.2, 0.25) is 0 Å². The summed E-state index contributed by atoms with van der Waals surface area (Å²) in [6, 6.07) is 0. The molecule has 58 valence electrons. The quantitative estimate of drug-likeness (QED) is 0.527. The van der Waals surface area contributed by atoms with Crippen LogP contribution in [-0.2, 0) is 15.6 Å². The van der Waals surface area contributed by atoms with Crippen molar-refractivity contribution in [2.45, 2.75) is 37.2 Å². The number of hydrogen-bond donors (Lipinski definition) is 0. The highest BCUT2D eigenvalue weighted by Gasteiger charge is 2.27. The Morgan fingerprint density at radius 1 is 1.30 bits per heavy atom. The molecule has 3 heteroatoms. The Bertz CT molecular complexity index is 160. The lowest BCUT2D eigenvalue weighted by atomic mass is 10.1. The van der Waals surface area contributed by atoms with Gasteiger partial charge in [0.05, 0.1) is 0 Å². The van der Waals surface area contributed by atoms with Crippen molar-refractivity contribution < 1.29 is 9.00 Å². The molecule has 1 rings (SSSR count). The van der Waals surface area contributed by atoms with Gasteiger partial charge in [0.2, 0.25) is 0 Å². The highest BCUT2D eigenvalue weighted by atomic mass is 32.2. The first kappa shape index (κ1) is 7.92. The molecule has 0 aromatic heterocycles. The van der Waals surface area contributed by atoms with Crippen molar-refractivity contribution in [3.63, 3.8) is 0 Å². The molecule has 0 bridgehead atoms. The molecule has 10 heavy (non-hydrogen) atoms. The molecule has 1 fully saturated rings. The first-order valence-electron chi connectivity index (χ1n) is 3.52. The molecule has 0 saturated carbocycles. The van der Waals surface area contributed by atoms with E-state index in [1.165, 1.54) is 0 Å². The van der Waals surface area contributed by atoms with Crippen molar-refractivity contribution in [2.24, 2.45) is 0 Å². The average Bonchev–Trinajstić information content (AvgIpc) is 1.82. The molecule has 3 atom stereocenters. The summed E-state index contributed by atoms with van der Waals surface area (Å²) in [6.07, 6.45) is 1.02. The smallest absolute Gasteiger partial charge is 0.135 e. The Hall–Kier alpha value is -0.180. The summed E-state index contributed by atoms with van der Waals surface area (Å²) >= 11 is 0. The minimum Gasteiger partial charge on any atom is -0.300 e. The number of rotatable bonds is 0. The van der Waals surface area contributed by atoms with Gasteiger partial charge in [-0.3, -0.25) is 9.00 Å². The van der Waals surface area contributed by atoms with E-state index in [9.17, 15) is 9.00 Å². The maximum atomic E-state index is 11.2. The zero-order valence-electron chi connectivity index (χ0n) is 6.29. The van der Waals surface area contributed by atoms with Gasteiger partial charge in [0.15, 0.2) is 0 Å². The monoisotopic (exact) mass is 160 g/mol. The summed E-state index contributed by atoms with van der Waals surface area (Å²) in [5.74, 6) is 0.264.